The van der Waals surface area contributed by atoms with Gasteiger partial charge >= 0.3 is 0 Å². The molecule has 1 fully saturated rings. The van der Waals surface area contributed by atoms with Crippen LogP contribution in [0.15, 0.2) is 77.4 Å². The van der Waals surface area contributed by atoms with E-state index in [1.165, 1.54) is 6.26 Å². The lowest BCUT2D eigenvalue weighted by molar-refractivity contribution is 0.0714. The van der Waals surface area contributed by atoms with Gasteiger partial charge in [0.25, 0.3) is 5.91 Å². The zero-order valence-electron chi connectivity index (χ0n) is 17.3. The summed E-state index contributed by atoms with van der Waals surface area (Å²) in [5.74, 6) is 1.82. The number of piperazine rings is 1. The van der Waals surface area contributed by atoms with Crippen molar-refractivity contribution in [3.8, 4) is 11.4 Å². The van der Waals surface area contributed by atoms with E-state index in [9.17, 15) is 4.79 Å². The molecule has 0 saturated carbocycles. The zero-order valence-corrected chi connectivity index (χ0v) is 17.3. The van der Waals surface area contributed by atoms with Crippen molar-refractivity contribution >= 4 is 28.4 Å². The highest BCUT2D eigenvalue weighted by Crippen LogP contribution is 2.29. The smallest absolute Gasteiger partial charge is 0.289 e. The summed E-state index contributed by atoms with van der Waals surface area (Å²) in [4.78, 5) is 21.7. The number of amides is 1. The maximum Gasteiger partial charge on any atom is 0.289 e. The minimum Gasteiger partial charge on any atom is -0.459 e. The first-order chi connectivity index (χ1) is 15.8. The first-order valence-corrected chi connectivity index (χ1v) is 10.6. The molecule has 0 spiro atoms. The molecular weight excluding hydrogens is 404 g/mol. The Kier molecular flexibility index (Phi) is 4.34. The molecule has 8 nitrogen and oxygen atoms in total. The molecule has 0 atom stereocenters. The second kappa shape index (κ2) is 7.49. The quantitative estimate of drug-likeness (QED) is 0.441. The second-order valence-electron chi connectivity index (χ2n) is 7.73. The van der Waals surface area contributed by atoms with Gasteiger partial charge in [0.1, 0.15) is 0 Å². The van der Waals surface area contributed by atoms with Crippen molar-refractivity contribution < 1.29 is 9.21 Å². The standard InChI is InChI=1S/C24H20N6O2/c31-23(20-11-6-16-32-20)28-12-14-29(15-13-28)24-25-19-10-5-4-9-18(19)22-27-26-21(30(22)24)17-7-2-1-3-8-17/h1-11,16H,12-15H2. The largest absolute Gasteiger partial charge is 0.459 e. The van der Waals surface area contributed by atoms with Crippen LogP contribution < -0.4 is 4.90 Å². The van der Waals surface area contributed by atoms with E-state index in [1.54, 1.807) is 12.1 Å². The van der Waals surface area contributed by atoms with Crippen LogP contribution in [0.4, 0.5) is 5.95 Å². The summed E-state index contributed by atoms with van der Waals surface area (Å²) in [6.07, 6.45) is 1.52. The molecule has 5 aromatic rings. The van der Waals surface area contributed by atoms with Crippen molar-refractivity contribution in [1.82, 2.24) is 24.5 Å². The minimum absolute atomic E-state index is 0.0828. The van der Waals surface area contributed by atoms with Gasteiger partial charge in [-0.3, -0.25) is 4.79 Å². The van der Waals surface area contributed by atoms with Gasteiger partial charge in [0.05, 0.1) is 11.8 Å². The molecule has 4 heterocycles. The third-order valence-corrected chi connectivity index (χ3v) is 5.84. The molecule has 0 bridgehead atoms. The van der Waals surface area contributed by atoms with Gasteiger partial charge in [-0.15, -0.1) is 10.2 Å². The minimum atomic E-state index is -0.0828. The highest BCUT2D eigenvalue weighted by molar-refractivity contribution is 5.93. The number of carbonyl (C=O) groups excluding carboxylic acids is 1. The van der Waals surface area contributed by atoms with Crippen LogP contribution in [0, 0.1) is 0 Å². The number of fused-ring (bicyclic) bond motifs is 3. The molecule has 32 heavy (non-hydrogen) atoms. The van der Waals surface area contributed by atoms with E-state index in [0.717, 1.165) is 33.9 Å². The molecule has 0 aliphatic carbocycles. The van der Waals surface area contributed by atoms with Crippen LogP contribution >= 0.6 is 0 Å². The first-order valence-electron chi connectivity index (χ1n) is 10.6. The van der Waals surface area contributed by atoms with Gasteiger partial charge in [-0.05, 0) is 24.3 Å². The van der Waals surface area contributed by atoms with Crippen LogP contribution in [0.5, 0.6) is 0 Å². The van der Waals surface area contributed by atoms with Gasteiger partial charge < -0.3 is 14.2 Å². The fraction of sp³-hybridized carbons (Fsp3) is 0.167. The summed E-state index contributed by atoms with van der Waals surface area (Å²) in [6, 6.07) is 21.4. The molecule has 3 aromatic heterocycles. The lowest BCUT2D eigenvalue weighted by Crippen LogP contribution is -2.49. The molecule has 1 saturated heterocycles. The van der Waals surface area contributed by atoms with Gasteiger partial charge in [0, 0.05) is 37.1 Å². The normalized spacial score (nSPS) is 14.4. The molecule has 0 N–H and O–H groups in total. The van der Waals surface area contributed by atoms with Crippen molar-refractivity contribution in [1.29, 1.82) is 0 Å². The van der Waals surface area contributed by atoms with E-state index in [-0.39, 0.29) is 5.91 Å². The molecule has 0 unspecified atom stereocenters. The Morgan fingerprint density at radius 1 is 0.844 bits per heavy atom. The zero-order chi connectivity index (χ0) is 21.5. The third-order valence-electron chi connectivity index (χ3n) is 5.84. The Bertz CT molecular complexity index is 1400. The number of para-hydroxylation sites is 1. The van der Waals surface area contributed by atoms with Crippen molar-refractivity contribution in [2.24, 2.45) is 0 Å². The summed E-state index contributed by atoms with van der Waals surface area (Å²) >= 11 is 0. The molecule has 0 radical (unpaired) electrons. The molecule has 1 aliphatic rings. The van der Waals surface area contributed by atoms with E-state index < -0.39 is 0 Å². The molecule has 6 rings (SSSR count). The number of hydrogen-bond donors (Lipinski definition) is 0. The highest BCUT2D eigenvalue weighted by Gasteiger charge is 2.27. The average Bonchev–Trinajstić information content (AvgIpc) is 3.55. The lowest BCUT2D eigenvalue weighted by atomic mass is 10.2. The van der Waals surface area contributed by atoms with Crippen molar-refractivity contribution in [3.63, 3.8) is 0 Å². The van der Waals surface area contributed by atoms with Gasteiger partial charge in [-0.25, -0.2) is 9.38 Å². The average molecular weight is 424 g/mol. The number of nitrogens with zero attached hydrogens (tertiary/aromatic N) is 6. The van der Waals surface area contributed by atoms with E-state index >= 15 is 0 Å². The first kappa shape index (κ1) is 18.6. The van der Waals surface area contributed by atoms with E-state index in [1.807, 2.05) is 63.9 Å². The fourth-order valence-electron chi connectivity index (χ4n) is 4.22. The number of aromatic nitrogens is 4. The predicted octanol–water partition coefficient (Wildman–Crippen LogP) is 3.50. The van der Waals surface area contributed by atoms with Crippen LogP contribution in [0.25, 0.3) is 27.9 Å². The molecule has 8 heteroatoms. The summed E-state index contributed by atoms with van der Waals surface area (Å²) in [6.45, 7) is 2.47. The fourth-order valence-corrected chi connectivity index (χ4v) is 4.22. The van der Waals surface area contributed by atoms with Gasteiger partial charge in [-0.2, -0.15) is 0 Å². The Labute approximate surface area is 183 Å². The molecule has 1 amide bonds. The summed E-state index contributed by atoms with van der Waals surface area (Å²) in [7, 11) is 0. The Morgan fingerprint density at radius 3 is 2.41 bits per heavy atom. The number of anilines is 1. The number of hydrogen-bond acceptors (Lipinski definition) is 6. The number of furan rings is 1. The van der Waals surface area contributed by atoms with Crippen molar-refractivity contribution in [3.05, 3.63) is 78.8 Å². The lowest BCUT2D eigenvalue weighted by Gasteiger charge is -2.35. The summed E-state index contributed by atoms with van der Waals surface area (Å²) in [5, 5.41) is 10.00. The topological polar surface area (TPSA) is 79.8 Å². The number of rotatable bonds is 3. The molecule has 2 aromatic carbocycles. The number of benzene rings is 2. The molecular formula is C24H20N6O2. The van der Waals surface area contributed by atoms with Crippen molar-refractivity contribution in [2.75, 3.05) is 31.1 Å². The SMILES string of the molecule is O=C(c1ccco1)N1CCN(c2nc3ccccc3c3nnc(-c4ccccc4)n23)CC1. The van der Waals surface area contributed by atoms with Crippen LogP contribution in [0.3, 0.4) is 0 Å². The maximum atomic E-state index is 12.7. The Balaban J connectivity index is 1.41. The van der Waals surface area contributed by atoms with Crippen LogP contribution in [-0.2, 0) is 0 Å². The Morgan fingerprint density at radius 2 is 1.62 bits per heavy atom. The highest BCUT2D eigenvalue weighted by atomic mass is 16.3. The van der Waals surface area contributed by atoms with E-state index in [0.29, 0.717) is 31.9 Å². The van der Waals surface area contributed by atoms with Gasteiger partial charge in [-0.1, -0.05) is 42.5 Å². The monoisotopic (exact) mass is 424 g/mol. The number of carbonyl (C=O) groups is 1. The summed E-state index contributed by atoms with van der Waals surface area (Å²) in [5.41, 5.74) is 2.62. The maximum absolute atomic E-state index is 12.7. The van der Waals surface area contributed by atoms with Crippen molar-refractivity contribution in [2.45, 2.75) is 0 Å². The summed E-state index contributed by atoms with van der Waals surface area (Å²) < 4.78 is 7.31. The van der Waals surface area contributed by atoms with Crippen LogP contribution in [0.1, 0.15) is 10.6 Å². The molecule has 158 valence electrons. The predicted molar refractivity (Wildman–Crippen MR) is 121 cm³/mol. The van der Waals surface area contributed by atoms with E-state index in [2.05, 4.69) is 15.1 Å². The van der Waals surface area contributed by atoms with Crippen LogP contribution in [0.2, 0.25) is 0 Å². The molecule has 1 aliphatic heterocycles. The van der Waals surface area contributed by atoms with Gasteiger partial charge in [0.15, 0.2) is 17.2 Å². The Hall–Kier alpha value is -4.20. The van der Waals surface area contributed by atoms with E-state index in [4.69, 9.17) is 9.40 Å². The second-order valence-corrected chi connectivity index (χ2v) is 7.73. The van der Waals surface area contributed by atoms with Crippen LogP contribution in [-0.4, -0.2) is 56.6 Å². The van der Waals surface area contributed by atoms with Gasteiger partial charge in [0.2, 0.25) is 5.95 Å². The third kappa shape index (κ3) is 2.99.